The van der Waals surface area contributed by atoms with Gasteiger partial charge in [-0.1, -0.05) is 0 Å². The summed E-state index contributed by atoms with van der Waals surface area (Å²) in [6.07, 6.45) is 3.30. The summed E-state index contributed by atoms with van der Waals surface area (Å²) in [5, 5.41) is 0. The van der Waals surface area contributed by atoms with Gasteiger partial charge in [0.2, 0.25) is 0 Å². The van der Waals surface area contributed by atoms with Crippen LogP contribution in [0.3, 0.4) is 0 Å². The minimum absolute atomic E-state index is 0.0111. The summed E-state index contributed by atoms with van der Waals surface area (Å²) < 4.78 is 0. The molecule has 4 N–H and O–H groups in total. The lowest BCUT2D eigenvalue weighted by molar-refractivity contribution is 0.819. The second-order valence-electron chi connectivity index (χ2n) is 2.29. The van der Waals surface area contributed by atoms with E-state index >= 15 is 0 Å². The Morgan fingerprint density at radius 1 is 1.60 bits per heavy atom. The fourth-order valence-electron chi connectivity index (χ4n) is 0.832. The van der Waals surface area contributed by atoms with Crippen molar-refractivity contribution in [2.45, 2.75) is 13.0 Å². The molecule has 3 heteroatoms. The number of aromatic nitrogens is 1. The first-order chi connectivity index (χ1) is 4.72. The van der Waals surface area contributed by atoms with Gasteiger partial charge in [-0.15, -0.1) is 0 Å². The summed E-state index contributed by atoms with van der Waals surface area (Å²) in [6.45, 7) is 1.89. The minimum atomic E-state index is -0.0111. The van der Waals surface area contributed by atoms with Crippen LogP contribution in [-0.4, -0.2) is 4.98 Å². The van der Waals surface area contributed by atoms with Gasteiger partial charge in [-0.3, -0.25) is 4.98 Å². The van der Waals surface area contributed by atoms with Gasteiger partial charge >= 0.3 is 0 Å². The Labute approximate surface area is 60.1 Å². The van der Waals surface area contributed by atoms with E-state index in [-0.39, 0.29) is 6.04 Å². The molecule has 0 radical (unpaired) electrons. The van der Waals surface area contributed by atoms with Crippen LogP contribution in [0.4, 0.5) is 5.69 Å². The van der Waals surface area contributed by atoms with Crippen LogP contribution in [0.2, 0.25) is 0 Å². The molecule has 0 spiro atoms. The maximum Gasteiger partial charge on any atom is 0.0548 e. The quantitative estimate of drug-likeness (QED) is 0.598. The van der Waals surface area contributed by atoms with Crippen molar-refractivity contribution in [3.05, 3.63) is 24.0 Å². The molecule has 0 saturated carbocycles. The van der Waals surface area contributed by atoms with Gasteiger partial charge in [0.05, 0.1) is 11.9 Å². The molecule has 1 unspecified atom stereocenters. The largest absolute Gasteiger partial charge is 0.397 e. The smallest absolute Gasteiger partial charge is 0.0548 e. The summed E-state index contributed by atoms with van der Waals surface area (Å²) in [5.41, 5.74) is 12.8. The zero-order chi connectivity index (χ0) is 7.56. The van der Waals surface area contributed by atoms with Crippen molar-refractivity contribution in [1.29, 1.82) is 0 Å². The molecule has 1 aromatic heterocycles. The van der Waals surface area contributed by atoms with E-state index < -0.39 is 0 Å². The van der Waals surface area contributed by atoms with E-state index in [1.807, 2.05) is 13.0 Å². The number of hydrogen-bond acceptors (Lipinski definition) is 3. The van der Waals surface area contributed by atoms with Crippen LogP contribution in [0.1, 0.15) is 18.5 Å². The molecule has 0 bridgehead atoms. The zero-order valence-electron chi connectivity index (χ0n) is 5.91. The Hall–Kier alpha value is -1.09. The molecule has 0 aliphatic carbocycles. The van der Waals surface area contributed by atoms with E-state index in [9.17, 15) is 0 Å². The van der Waals surface area contributed by atoms with Gasteiger partial charge in [-0.05, 0) is 18.6 Å². The molecule has 0 amide bonds. The Morgan fingerprint density at radius 3 is 2.70 bits per heavy atom. The predicted molar refractivity (Wildman–Crippen MR) is 41.3 cm³/mol. The normalized spacial score (nSPS) is 13.0. The zero-order valence-corrected chi connectivity index (χ0v) is 5.91. The molecular weight excluding hydrogens is 126 g/mol. The molecule has 0 aromatic carbocycles. The average molecular weight is 137 g/mol. The first kappa shape index (κ1) is 7.02. The summed E-state index contributed by atoms with van der Waals surface area (Å²) >= 11 is 0. The second-order valence-corrected chi connectivity index (χ2v) is 2.29. The molecule has 1 aromatic rings. The first-order valence-corrected chi connectivity index (χ1v) is 3.17. The lowest BCUT2D eigenvalue weighted by Crippen LogP contribution is -2.07. The monoisotopic (exact) mass is 137 g/mol. The third-order valence-corrected chi connectivity index (χ3v) is 1.38. The van der Waals surface area contributed by atoms with E-state index in [1.165, 1.54) is 0 Å². The Balaban J connectivity index is 3.03. The van der Waals surface area contributed by atoms with Crippen LogP contribution < -0.4 is 11.5 Å². The minimum Gasteiger partial charge on any atom is -0.397 e. The highest BCUT2D eigenvalue weighted by atomic mass is 14.7. The van der Waals surface area contributed by atoms with Gasteiger partial charge in [-0.25, -0.2) is 0 Å². The van der Waals surface area contributed by atoms with Gasteiger partial charge in [0, 0.05) is 12.2 Å². The molecule has 0 aliphatic heterocycles. The Morgan fingerprint density at radius 2 is 2.30 bits per heavy atom. The molecule has 1 heterocycles. The first-order valence-electron chi connectivity index (χ1n) is 3.17. The number of rotatable bonds is 1. The standard InChI is InChI=1S/C7H11N3/c1-5(8)6-2-3-10-4-7(6)9/h2-5H,8-9H2,1H3. The van der Waals surface area contributed by atoms with E-state index in [0.29, 0.717) is 5.69 Å². The van der Waals surface area contributed by atoms with Crippen molar-refractivity contribution >= 4 is 5.69 Å². The Bertz CT molecular complexity index is 220. The van der Waals surface area contributed by atoms with Gasteiger partial charge in [0.25, 0.3) is 0 Å². The van der Waals surface area contributed by atoms with Crippen molar-refractivity contribution in [3.8, 4) is 0 Å². The van der Waals surface area contributed by atoms with Crippen LogP contribution in [0.25, 0.3) is 0 Å². The van der Waals surface area contributed by atoms with E-state index in [0.717, 1.165) is 5.56 Å². The molecule has 3 nitrogen and oxygen atoms in total. The number of hydrogen-bond donors (Lipinski definition) is 2. The van der Waals surface area contributed by atoms with E-state index in [4.69, 9.17) is 11.5 Å². The molecule has 0 fully saturated rings. The highest BCUT2D eigenvalue weighted by Gasteiger charge is 2.01. The highest BCUT2D eigenvalue weighted by molar-refractivity contribution is 5.45. The topological polar surface area (TPSA) is 64.9 Å². The predicted octanol–water partition coefficient (Wildman–Crippen LogP) is 0.684. The third kappa shape index (κ3) is 1.25. The van der Waals surface area contributed by atoms with E-state index in [1.54, 1.807) is 12.4 Å². The molecule has 1 atom stereocenters. The number of nitrogens with two attached hydrogens (primary N) is 2. The fourth-order valence-corrected chi connectivity index (χ4v) is 0.832. The second kappa shape index (κ2) is 2.66. The van der Waals surface area contributed by atoms with Crippen LogP contribution in [0.5, 0.6) is 0 Å². The Kier molecular flexibility index (Phi) is 1.87. The van der Waals surface area contributed by atoms with Gasteiger partial charge in [0.15, 0.2) is 0 Å². The van der Waals surface area contributed by atoms with Crippen LogP contribution >= 0.6 is 0 Å². The van der Waals surface area contributed by atoms with Crippen LogP contribution in [-0.2, 0) is 0 Å². The summed E-state index contributed by atoms with van der Waals surface area (Å²) in [4.78, 5) is 3.85. The van der Waals surface area contributed by atoms with Crippen LogP contribution in [0.15, 0.2) is 18.5 Å². The highest BCUT2D eigenvalue weighted by Crippen LogP contribution is 2.14. The lowest BCUT2D eigenvalue weighted by atomic mass is 10.1. The molecule has 0 saturated heterocycles. The molecule has 1 rings (SSSR count). The van der Waals surface area contributed by atoms with Crippen molar-refractivity contribution in [2.24, 2.45) is 5.73 Å². The number of nitrogens with zero attached hydrogens (tertiary/aromatic N) is 1. The third-order valence-electron chi connectivity index (χ3n) is 1.38. The number of nitrogen functional groups attached to an aromatic ring is 1. The van der Waals surface area contributed by atoms with Crippen molar-refractivity contribution < 1.29 is 0 Å². The maximum atomic E-state index is 5.61. The van der Waals surface area contributed by atoms with Crippen LogP contribution in [0, 0.1) is 0 Å². The lowest BCUT2D eigenvalue weighted by Gasteiger charge is -2.06. The number of pyridine rings is 1. The van der Waals surface area contributed by atoms with Crippen molar-refractivity contribution in [1.82, 2.24) is 4.98 Å². The van der Waals surface area contributed by atoms with Gasteiger partial charge in [0.1, 0.15) is 0 Å². The summed E-state index contributed by atoms with van der Waals surface area (Å²) in [7, 11) is 0. The molecule has 10 heavy (non-hydrogen) atoms. The summed E-state index contributed by atoms with van der Waals surface area (Å²) in [6, 6.07) is 1.82. The molecule has 54 valence electrons. The number of anilines is 1. The van der Waals surface area contributed by atoms with Crippen molar-refractivity contribution in [2.75, 3.05) is 5.73 Å². The molecule has 0 aliphatic rings. The van der Waals surface area contributed by atoms with E-state index in [2.05, 4.69) is 4.98 Å². The SMILES string of the molecule is CC(N)c1ccncc1N. The summed E-state index contributed by atoms with van der Waals surface area (Å²) in [5.74, 6) is 0. The van der Waals surface area contributed by atoms with Gasteiger partial charge < -0.3 is 11.5 Å². The van der Waals surface area contributed by atoms with Gasteiger partial charge in [-0.2, -0.15) is 0 Å². The molecular formula is C7H11N3. The maximum absolute atomic E-state index is 5.61. The average Bonchev–Trinajstić information content (AvgIpc) is 1.88. The van der Waals surface area contributed by atoms with Crippen molar-refractivity contribution in [3.63, 3.8) is 0 Å². The fraction of sp³-hybridized carbons (Fsp3) is 0.286.